The van der Waals surface area contributed by atoms with Crippen LogP contribution >= 0.6 is 11.3 Å². The van der Waals surface area contributed by atoms with Crippen molar-refractivity contribution < 1.29 is 4.42 Å². The average Bonchev–Trinajstić information content (AvgIpc) is 3.87. The predicted octanol–water partition coefficient (Wildman–Crippen LogP) is 13.0. The smallest absolute Gasteiger partial charge is 0.235 e. The lowest BCUT2D eigenvalue weighted by Crippen LogP contribution is -2.04. The first-order valence-electron chi connectivity index (χ1n) is 17.2. The van der Waals surface area contributed by atoms with Gasteiger partial charge in [0.05, 0.1) is 26.9 Å². The second-order valence-electron chi connectivity index (χ2n) is 13.3. The van der Waals surface area contributed by atoms with E-state index in [0.717, 1.165) is 65.9 Å². The Morgan fingerprint density at radius 1 is 0.490 bits per heavy atom. The molecule has 4 nitrogen and oxygen atoms in total. The van der Waals surface area contributed by atoms with Gasteiger partial charge >= 0.3 is 0 Å². The summed E-state index contributed by atoms with van der Waals surface area (Å²) in [5.41, 5.74) is 6.84. The van der Waals surface area contributed by atoms with Gasteiger partial charge in [-0.25, -0.2) is 9.97 Å². The van der Waals surface area contributed by atoms with Crippen molar-refractivity contribution in [3.63, 3.8) is 0 Å². The fourth-order valence-corrected chi connectivity index (χ4v) is 9.64. The van der Waals surface area contributed by atoms with E-state index < -0.39 is 0 Å². The van der Waals surface area contributed by atoms with Crippen molar-refractivity contribution in [1.29, 1.82) is 0 Å². The molecule has 0 radical (unpaired) electrons. The predicted molar refractivity (Wildman–Crippen MR) is 214 cm³/mol. The van der Waals surface area contributed by atoms with Crippen molar-refractivity contribution in [3.8, 4) is 17.2 Å². The minimum absolute atomic E-state index is 0.659. The van der Waals surface area contributed by atoms with E-state index in [0.29, 0.717) is 5.95 Å². The van der Waals surface area contributed by atoms with Gasteiger partial charge in [-0.2, -0.15) is 0 Å². The van der Waals surface area contributed by atoms with Crippen LogP contribution in [-0.2, 0) is 0 Å². The monoisotopic (exact) mass is 667 g/mol. The molecule has 8 aromatic carbocycles. The van der Waals surface area contributed by atoms with Crippen molar-refractivity contribution in [1.82, 2.24) is 14.5 Å². The van der Waals surface area contributed by atoms with Crippen LogP contribution in [0.2, 0.25) is 0 Å². The Bertz CT molecular complexity index is 3440. The maximum atomic E-state index is 6.23. The van der Waals surface area contributed by atoms with Gasteiger partial charge in [-0.1, -0.05) is 109 Å². The number of aromatic nitrogens is 3. The lowest BCUT2D eigenvalue weighted by atomic mass is 9.99. The normalized spacial score (nSPS) is 12.3. The fraction of sp³-hybridized carbons (Fsp3) is 0. The summed E-state index contributed by atoms with van der Waals surface area (Å²) in [6, 6.07) is 53.9. The van der Waals surface area contributed by atoms with E-state index in [-0.39, 0.29) is 0 Å². The standard InChI is InChI=1S/C46H25N3OS/c1-2-12-28-26(11-1)21-23-34-42(27-22-24-38-35(25-27)29-13-6-9-19-37(29)50-38)47-46(48-43(28)34)49-36-18-8-5-16-32(36)40-30-14-3-4-15-31(30)41-33-17-7-10-20-39(33)51-45(41)44(40)49/h1-25H. The van der Waals surface area contributed by atoms with E-state index in [4.69, 9.17) is 14.4 Å². The van der Waals surface area contributed by atoms with Crippen LogP contribution in [0.1, 0.15) is 0 Å². The van der Waals surface area contributed by atoms with E-state index in [2.05, 4.69) is 144 Å². The minimum Gasteiger partial charge on any atom is -0.456 e. The molecular weight excluding hydrogens is 643 g/mol. The number of hydrogen-bond donors (Lipinski definition) is 0. The molecule has 51 heavy (non-hydrogen) atoms. The molecule has 0 saturated carbocycles. The van der Waals surface area contributed by atoms with Gasteiger partial charge in [0.15, 0.2) is 0 Å². The summed E-state index contributed by atoms with van der Waals surface area (Å²) < 4.78 is 11.1. The quantitative estimate of drug-likeness (QED) is 0.172. The highest BCUT2D eigenvalue weighted by Crippen LogP contribution is 2.48. The molecule has 0 amide bonds. The van der Waals surface area contributed by atoms with E-state index in [1.165, 1.54) is 41.7 Å². The Morgan fingerprint density at radius 2 is 1.18 bits per heavy atom. The van der Waals surface area contributed by atoms with Crippen LogP contribution in [0.25, 0.3) is 114 Å². The van der Waals surface area contributed by atoms with E-state index in [1.54, 1.807) is 0 Å². The van der Waals surface area contributed by atoms with Crippen LogP contribution < -0.4 is 0 Å². The zero-order valence-corrected chi connectivity index (χ0v) is 27.9. The summed E-state index contributed by atoms with van der Waals surface area (Å²) in [7, 11) is 0. The number of benzene rings is 8. The number of furan rings is 1. The van der Waals surface area contributed by atoms with Crippen LogP contribution in [0.5, 0.6) is 0 Å². The third kappa shape index (κ3) is 3.68. The average molecular weight is 668 g/mol. The lowest BCUT2D eigenvalue weighted by Gasteiger charge is -2.14. The third-order valence-corrected chi connectivity index (χ3v) is 11.8. The molecule has 236 valence electrons. The van der Waals surface area contributed by atoms with Gasteiger partial charge in [-0.05, 0) is 58.6 Å². The zero-order valence-electron chi connectivity index (χ0n) is 27.1. The Balaban J connectivity index is 1.28. The molecule has 0 fully saturated rings. The highest BCUT2D eigenvalue weighted by molar-refractivity contribution is 7.27. The van der Waals surface area contributed by atoms with Gasteiger partial charge in [0.1, 0.15) is 11.2 Å². The number of nitrogens with zero attached hydrogens (tertiary/aromatic N) is 3. The molecule has 0 saturated heterocycles. The van der Waals surface area contributed by atoms with Crippen molar-refractivity contribution >= 4 is 108 Å². The third-order valence-electron chi connectivity index (χ3n) is 10.6. The van der Waals surface area contributed by atoms with E-state index in [1.807, 2.05) is 23.5 Å². The lowest BCUT2D eigenvalue weighted by molar-refractivity contribution is 0.669. The molecule has 0 spiro atoms. The Hall–Kier alpha value is -6.56. The Labute approximate surface area is 294 Å². The van der Waals surface area contributed by atoms with Crippen LogP contribution in [0.15, 0.2) is 156 Å². The highest BCUT2D eigenvalue weighted by Gasteiger charge is 2.24. The van der Waals surface area contributed by atoms with Gasteiger partial charge in [0.25, 0.3) is 0 Å². The zero-order chi connectivity index (χ0) is 33.2. The molecule has 0 aliphatic heterocycles. The summed E-state index contributed by atoms with van der Waals surface area (Å²) in [6.45, 7) is 0. The SMILES string of the molecule is c1ccc2c(c1)ccc1c(-c3ccc4oc5ccccc5c4c3)nc(-n3c4ccccc4c4c5ccccc5c5c6ccccc6sc5c43)nc12. The molecule has 12 rings (SSSR count). The first kappa shape index (κ1) is 27.3. The maximum absolute atomic E-state index is 6.23. The van der Waals surface area contributed by atoms with Crippen LogP contribution in [0, 0.1) is 0 Å². The maximum Gasteiger partial charge on any atom is 0.235 e. The first-order chi connectivity index (χ1) is 25.3. The van der Waals surface area contributed by atoms with Crippen molar-refractivity contribution in [2.24, 2.45) is 0 Å². The second-order valence-corrected chi connectivity index (χ2v) is 14.3. The molecule has 0 unspecified atom stereocenters. The molecule has 5 heteroatoms. The van der Waals surface area contributed by atoms with E-state index >= 15 is 0 Å². The first-order valence-corrected chi connectivity index (χ1v) is 18.0. The second kappa shape index (κ2) is 10.0. The molecular formula is C46H25N3OS. The summed E-state index contributed by atoms with van der Waals surface area (Å²) in [5, 5.41) is 12.9. The molecule has 0 atom stereocenters. The molecule has 0 aliphatic carbocycles. The number of hydrogen-bond acceptors (Lipinski definition) is 4. The van der Waals surface area contributed by atoms with Crippen molar-refractivity contribution in [2.45, 2.75) is 0 Å². The number of thiophene rings is 1. The molecule has 0 bridgehead atoms. The largest absolute Gasteiger partial charge is 0.456 e. The van der Waals surface area contributed by atoms with Crippen LogP contribution in [0.4, 0.5) is 0 Å². The highest BCUT2D eigenvalue weighted by atomic mass is 32.1. The molecule has 12 aromatic rings. The van der Waals surface area contributed by atoms with Gasteiger partial charge in [0.2, 0.25) is 5.95 Å². The van der Waals surface area contributed by atoms with Gasteiger partial charge in [0, 0.05) is 53.4 Å². The van der Waals surface area contributed by atoms with Gasteiger partial charge < -0.3 is 4.42 Å². The molecule has 0 N–H and O–H groups in total. The molecule has 4 aromatic heterocycles. The van der Waals surface area contributed by atoms with Crippen LogP contribution in [-0.4, -0.2) is 14.5 Å². The summed E-state index contributed by atoms with van der Waals surface area (Å²) in [4.78, 5) is 11.1. The minimum atomic E-state index is 0.659. The van der Waals surface area contributed by atoms with Gasteiger partial charge in [-0.3, -0.25) is 4.57 Å². The number of rotatable bonds is 2. The van der Waals surface area contributed by atoms with E-state index in [9.17, 15) is 0 Å². The summed E-state index contributed by atoms with van der Waals surface area (Å²) in [5.74, 6) is 0.659. The molecule has 4 heterocycles. The fourth-order valence-electron chi connectivity index (χ4n) is 8.38. The number of para-hydroxylation sites is 2. The molecule has 0 aliphatic rings. The summed E-state index contributed by atoms with van der Waals surface area (Å²) >= 11 is 1.85. The summed E-state index contributed by atoms with van der Waals surface area (Å²) in [6.07, 6.45) is 0. The van der Waals surface area contributed by atoms with Crippen LogP contribution in [0.3, 0.4) is 0 Å². The Morgan fingerprint density at radius 3 is 2.06 bits per heavy atom. The van der Waals surface area contributed by atoms with Crippen molar-refractivity contribution in [3.05, 3.63) is 152 Å². The van der Waals surface area contributed by atoms with Crippen molar-refractivity contribution in [2.75, 3.05) is 0 Å². The Kier molecular flexibility index (Phi) is 5.35. The topological polar surface area (TPSA) is 43.9 Å². The van der Waals surface area contributed by atoms with Gasteiger partial charge in [-0.15, -0.1) is 11.3 Å². The number of fused-ring (bicyclic) bond motifs is 16.